The van der Waals surface area contributed by atoms with Crippen LogP contribution in [-0.2, 0) is 4.79 Å². The van der Waals surface area contributed by atoms with Gasteiger partial charge in [0.05, 0.1) is 18.3 Å². The Morgan fingerprint density at radius 2 is 2.40 bits per heavy atom. The first kappa shape index (κ1) is 10.8. The predicted molar refractivity (Wildman–Crippen MR) is 51.1 cm³/mol. The van der Waals surface area contributed by atoms with Gasteiger partial charge in [0.2, 0.25) is 5.91 Å². The van der Waals surface area contributed by atoms with Gasteiger partial charge in [0, 0.05) is 6.92 Å². The molecule has 0 aromatic carbocycles. The molecule has 0 unspecified atom stereocenters. The fourth-order valence-electron chi connectivity index (χ4n) is 0.852. The molecule has 0 aliphatic heterocycles. The molecular formula is C9H9N3O3. The minimum Gasteiger partial charge on any atom is -0.476 e. The highest BCUT2D eigenvalue weighted by Gasteiger charge is 2.09. The van der Waals surface area contributed by atoms with Gasteiger partial charge in [-0.25, -0.2) is 4.79 Å². The second kappa shape index (κ2) is 4.81. The van der Waals surface area contributed by atoms with Crippen LogP contribution < -0.4 is 5.32 Å². The van der Waals surface area contributed by atoms with Crippen LogP contribution in [0.4, 0.5) is 0 Å². The number of nitrogens with zero attached hydrogens (tertiary/aromatic N) is 1. The van der Waals surface area contributed by atoms with Crippen LogP contribution in [0.15, 0.2) is 6.20 Å². The van der Waals surface area contributed by atoms with E-state index in [2.05, 4.69) is 27.4 Å². The van der Waals surface area contributed by atoms with Crippen molar-refractivity contribution in [2.75, 3.05) is 6.54 Å². The number of aromatic nitrogens is 2. The Morgan fingerprint density at radius 3 is 3.00 bits per heavy atom. The molecule has 0 radical (unpaired) electrons. The number of H-pyrrole nitrogens is 1. The molecule has 1 aromatic heterocycles. The van der Waals surface area contributed by atoms with Gasteiger partial charge in [0.15, 0.2) is 5.69 Å². The van der Waals surface area contributed by atoms with E-state index in [1.165, 1.54) is 13.1 Å². The van der Waals surface area contributed by atoms with Crippen LogP contribution >= 0.6 is 0 Å². The summed E-state index contributed by atoms with van der Waals surface area (Å²) in [5, 5.41) is 17.0. The van der Waals surface area contributed by atoms with Crippen molar-refractivity contribution in [3.8, 4) is 11.8 Å². The molecule has 6 nitrogen and oxygen atoms in total. The van der Waals surface area contributed by atoms with Crippen molar-refractivity contribution in [3.63, 3.8) is 0 Å². The highest BCUT2D eigenvalue weighted by Crippen LogP contribution is 2.01. The number of carboxylic acids is 1. The monoisotopic (exact) mass is 207 g/mol. The number of aromatic carboxylic acids is 1. The summed E-state index contributed by atoms with van der Waals surface area (Å²) in [7, 11) is 0. The Labute approximate surface area is 85.7 Å². The fraction of sp³-hybridized carbons (Fsp3) is 0.222. The van der Waals surface area contributed by atoms with E-state index in [9.17, 15) is 9.59 Å². The molecule has 6 heteroatoms. The van der Waals surface area contributed by atoms with Gasteiger partial charge in [-0.1, -0.05) is 11.8 Å². The van der Waals surface area contributed by atoms with Crippen LogP contribution in [-0.4, -0.2) is 33.7 Å². The average molecular weight is 207 g/mol. The summed E-state index contributed by atoms with van der Waals surface area (Å²) < 4.78 is 0. The van der Waals surface area contributed by atoms with Crippen molar-refractivity contribution in [1.29, 1.82) is 0 Å². The average Bonchev–Trinajstić information content (AvgIpc) is 2.60. The highest BCUT2D eigenvalue weighted by atomic mass is 16.4. The summed E-state index contributed by atoms with van der Waals surface area (Å²) in [5.74, 6) is 3.90. The molecule has 1 amide bonds. The van der Waals surface area contributed by atoms with E-state index >= 15 is 0 Å². The van der Waals surface area contributed by atoms with Gasteiger partial charge in [-0.2, -0.15) is 5.10 Å². The maximum Gasteiger partial charge on any atom is 0.355 e. The molecule has 0 spiro atoms. The van der Waals surface area contributed by atoms with Crippen molar-refractivity contribution < 1.29 is 14.7 Å². The van der Waals surface area contributed by atoms with Gasteiger partial charge in [-0.15, -0.1) is 0 Å². The van der Waals surface area contributed by atoms with Crippen molar-refractivity contribution in [1.82, 2.24) is 15.5 Å². The Balaban J connectivity index is 2.67. The second-order valence-corrected chi connectivity index (χ2v) is 2.68. The van der Waals surface area contributed by atoms with Crippen molar-refractivity contribution in [2.45, 2.75) is 6.92 Å². The molecule has 1 heterocycles. The number of amides is 1. The smallest absolute Gasteiger partial charge is 0.355 e. The van der Waals surface area contributed by atoms with Crippen LogP contribution in [0.3, 0.4) is 0 Å². The third-order valence-corrected chi connectivity index (χ3v) is 1.50. The van der Waals surface area contributed by atoms with Crippen LogP contribution in [0.5, 0.6) is 0 Å². The number of hydrogen-bond donors (Lipinski definition) is 3. The predicted octanol–water partition coefficient (Wildman–Crippen LogP) is -0.404. The standard InChI is InChI=1S/C9H9N3O3/c1-6(13)10-4-2-3-7-5-11-12-8(7)9(14)15/h5H,4H2,1H3,(H,10,13)(H,11,12)(H,14,15). The van der Waals surface area contributed by atoms with E-state index in [1.807, 2.05) is 0 Å². The zero-order valence-electron chi connectivity index (χ0n) is 8.00. The molecule has 0 fully saturated rings. The number of carbonyl (C=O) groups is 2. The summed E-state index contributed by atoms with van der Waals surface area (Å²) >= 11 is 0. The molecule has 15 heavy (non-hydrogen) atoms. The SMILES string of the molecule is CC(=O)NCC#Cc1cn[nH]c1C(=O)O. The summed E-state index contributed by atoms with van der Waals surface area (Å²) in [6.07, 6.45) is 1.32. The van der Waals surface area contributed by atoms with Gasteiger partial charge in [-0.05, 0) is 0 Å². The van der Waals surface area contributed by atoms with Crippen molar-refractivity contribution in [3.05, 3.63) is 17.5 Å². The lowest BCUT2D eigenvalue weighted by Gasteiger charge is -1.91. The number of aromatic amines is 1. The van der Waals surface area contributed by atoms with E-state index in [-0.39, 0.29) is 18.1 Å². The summed E-state index contributed by atoms with van der Waals surface area (Å²) in [6.45, 7) is 1.56. The van der Waals surface area contributed by atoms with Gasteiger partial charge in [-0.3, -0.25) is 9.89 Å². The third kappa shape index (κ3) is 3.15. The van der Waals surface area contributed by atoms with Crippen LogP contribution in [0.25, 0.3) is 0 Å². The van der Waals surface area contributed by atoms with Crippen molar-refractivity contribution >= 4 is 11.9 Å². The second-order valence-electron chi connectivity index (χ2n) is 2.68. The Kier molecular flexibility index (Phi) is 3.46. The number of nitrogens with one attached hydrogen (secondary N) is 2. The lowest BCUT2D eigenvalue weighted by molar-refractivity contribution is -0.118. The molecule has 1 aromatic rings. The summed E-state index contributed by atoms with van der Waals surface area (Å²) in [4.78, 5) is 21.1. The topological polar surface area (TPSA) is 95.1 Å². The molecule has 0 bridgehead atoms. The van der Waals surface area contributed by atoms with Crippen LogP contribution in [0, 0.1) is 11.8 Å². The first-order chi connectivity index (χ1) is 7.11. The number of rotatable bonds is 2. The molecule has 0 saturated carbocycles. The van der Waals surface area contributed by atoms with E-state index in [0.29, 0.717) is 5.56 Å². The lowest BCUT2D eigenvalue weighted by atomic mass is 10.2. The number of carboxylic acid groups (broad SMARTS) is 1. The molecule has 0 aliphatic rings. The molecule has 0 aliphatic carbocycles. The number of hydrogen-bond acceptors (Lipinski definition) is 3. The van der Waals surface area contributed by atoms with Gasteiger partial charge in [0.1, 0.15) is 0 Å². The molecule has 3 N–H and O–H groups in total. The first-order valence-electron chi connectivity index (χ1n) is 4.11. The normalized spacial score (nSPS) is 8.87. The Hall–Kier alpha value is -2.29. The van der Waals surface area contributed by atoms with Gasteiger partial charge < -0.3 is 10.4 Å². The largest absolute Gasteiger partial charge is 0.476 e. The molecule has 0 saturated heterocycles. The van der Waals surface area contributed by atoms with Crippen LogP contribution in [0.1, 0.15) is 23.0 Å². The summed E-state index contributed by atoms with van der Waals surface area (Å²) in [6, 6.07) is 0. The maximum atomic E-state index is 10.6. The minimum absolute atomic E-state index is 0.0506. The van der Waals surface area contributed by atoms with E-state index in [1.54, 1.807) is 0 Å². The molecule has 0 atom stereocenters. The van der Waals surface area contributed by atoms with Gasteiger partial charge in [0.25, 0.3) is 0 Å². The van der Waals surface area contributed by atoms with E-state index in [4.69, 9.17) is 5.11 Å². The highest BCUT2D eigenvalue weighted by molar-refractivity contribution is 5.88. The first-order valence-corrected chi connectivity index (χ1v) is 4.11. The van der Waals surface area contributed by atoms with E-state index < -0.39 is 5.97 Å². The van der Waals surface area contributed by atoms with Crippen LogP contribution in [0.2, 0.25) is 0 Å². The van der Waals surface area contributed by atoms with E-state index in [0.717, 1.165) is 0 Å². The maximum absolute atomic E-state index is 10.6. The van der Waals surface area contributed by atoms with Crippen molar-refractivity contribution in [2.24, 2.45) is 0 Å². The zero-order chi connectivity index (χ0) is 11.3. The van der Waals surface area contributed by atoms with Gasteiger partial charge >= 0.3 is 5.97 Å². The fourth-order valence-corrected chi connectivity index (χ4v) is 0.852. The molecule has 78 valence electrons. The quantitative estimate of drug-likeness (QED) is 0.575. The molecule has 1 rings (SSSR count). The minimum atomic E-state index is -1.11. The third-order valence-electron chi connectivity index (χ3n) is 1.50. The molecular weight excluding hydrogens is 198 g/mol. The Morgan fingerprint density at radius 1 is 1.67 bits per heavy atom. The lowest BCUT2D eigenvalue weighted by Crippen LogP contribution is -2.19. The zero-order valence-corrected chi connectivity index (χ0v) is 8.00. The number of carbonyl (C=O) groups excluding carboxylic acids is 1. The summed E-state index contributed by atoms with van der Waals surface area (Å²) in [5.41, 5.74) is 0.248. The Bertz CT molecular complexity index is 439.